The van der Waals surface area contributed by atoms with Gasteiger partial charge in [-0.3, -0.25) is 9.59 Å². The van der Waals surface area contributed by atoms with E-state index in [2.05, 4.69) is 10.3 Å². The highest BCUT2D eigenvalue weighted by molar-refractivity contribution is 5.80. The van der Waals surface area contributed by atoms with Crippen molar-refractivity contribution in [3.8, 4) is 0 Å². The molecule has 3 aromatic rings. The zero-order chi connectivity index (χ0) is 17.8. The third-order valence-corrected chi connectivity index (χ3v) is 4.47. The van der Waals surface area contributed by atoms with Crippen molar-refractivity contribution in [3.63, 3.8) is 0 Å². The third-order valence-electron chi connectivity index (χ3n) is 4.47. The molecule has 0 fully saturated rings. The Bertz CT molecular complexity index is 973. The average Bonchev–Trinajstić information content (AvgIpc) is 2.60. The lowest BCUT2D eigenvalue weighted by atomic mass is 10.1. The van der Waals surface area contributed by atoms with E-state index >= 15 is 0 Å². The maximum absolute atomic E-state index is 12.1. The van der Waals surface area contributed by atoms with E-state index in [0.717, 1.165) is 22.0 Å². The normalized spacial score (nSPS) is 10.8. The van der Waals surface area contributed by atoms with Crippen LogP contribution in [0, 0.1) is 13.8 Å². The van der Waals surface area contributed by atoms with Crippen molar-refractivity contribution in [2.75, 3.05) is 0 Å². The van der Waals surface area contributed by atoms with Crippen molar-refractivity contribution < 1.29 is 4.79 Å². The van der Waals surface area contributed by atoms with Gasteiger partial charge >= 0.3 is 0 Å². The van der Waals surface area contributed by atoms with Crippen LogP contribution in [0.5, 0.6) is 0 Å². The molecule has 0 spiro atoms. The predicted molar refractivity (Wildman–Crippen MR) is 101 cm³/mol. The van der Waals surface area contributed by atoms with Crippen molar-refractivity contribution in [1.82, 2.24) is 10.3 Å². The average molecular weight is 334 g/mol. The maximum atomic E-state index is 12.1. The van der Waals surface area contributed by atoms with Crippen LogP contribution in [0.2, 0.25) is 0 Å². The van der Waals surface area contributed by atoms with Crippen LogP contribution in [0.25, 0.3) is 10.9 Å². The number of nitrogens with one attached hydrogen (secondary N) is 2. The molecule has 2 N–H and O–H groups in total. The minimum atomic E-state index is -0.0594. The molecule has 3 rings (SSSR count). The molecule has 128 valence electrons. The Morgan fingerprint density at radius 2 is 1.84 bits per heavy atom. The van der Waals surface area contributed by atoms with Crippen LogP contribution < -0.4 is 10.9 Å². The number of aromatic nitrogens is 1. The Morgan fingerprint density at radius 1 is 1.04 bits per heavy atom. The van der Waals surface area contributed by atoms with E-state index in [-0.39, 0.29) is 11.5 Å². The van der Waals surface area contributed by atoms with Crippen molar-refractivity contribution in [3.05, 3.63) is 81.1 Å². The van der Waals surface area contributed by atoms with Gasteiger partial charge in [-0.15, -0.1) is 0 Å². The molecule has 25 heavy (non-hydrogen) atoms. The van der Waals surface area contributed by atoms with Gasteiger partial charge in [-0.2, -0.15) is 0 Å². The molecule has 4 heteroatoms. The quantitative estimate of drug-likeness (QED) is 0.751. The molecule has 0 aliphatic heterocycles. The molecule has 1 aromatic heterocycles. The van der Waals surface area contributed by atoms with Crippen LogP contribution in [0.4, 0.5) is 0 Å². The first kappa shape index (κ1) is 17.0. The Labute approximate surface area is 146 Å². The Morgan fingerprint density at radius 3 is 2.64 bits per heavy atom. The highest BCUT2D eigenvalue weighted by Gasteiger charge is 2.05. The van der Waals surface area contributed by atoms with E-state index in [4.69, 9.17) is 0 Å². The van der Waals surface area contributed by atoms with Gasteiger partial charge in [0.15, 0.2) is 0 Å². The van der Waals surface area contributed by atoms with Crippen molar-refractivity contribution in [2.24, 2.45) is 0 Å². The van der Waals surface area contributed by atoms with Crippen molar-refractivity contribution in [1.29, 1.82) is 0 Å². The summed E-state index contributed by atoms with van der Waals surface area (Å²) in [6, 6.07) is 15.8. The number of aryl methyl sites for hydroxylation is 3. The summed E-state index contributed by atoms with van der Waals surface area (Å²) >= 11 is 0. The lowest BCUT2D eigenvalue weighted by Gasteiger charge is -2.08. The molecule has 4 nitrogen and oxygen atoms in total. The molecular weight excluding hydrogens is 312 g/mol. The van der Waals surface area contributed by atoms with Gasteiger partial charge < -0.3 is 10.3 Å². The second-order valence-electron chi connectivity index (χ2n) is 6.41. The highest BCUT2D eigenvalue weighted by atomic mass is 16.1. The van der Waals surface area contributed by atoms with E-state index in [1.807, 2.05) is 55.5 Å². The summed E-state index contributed by atoms with van der Waals surface area (Å²) in [5.41, 5.74) is 4.87. The van der Waals surface area contributed by atoms with Gasteiger partial charge in [-0.25, -0.2) is 0 Å². The number of carbonyl (C=O) groups excluding carboxylic acids is 1. The number of H-pyrrole nitrogens is 1. The summed E-state index contributed by atoms with van der Waals surface area (Å²) in [5, 5.41) is 3.97. The molecule has 0 saturated carbocycles. The van der Waals surface area contributed by atoms with Gasteiger partial charge in [0, 0.05) is 24.0 Å². The Kier molecular flexibility index (Phi) is 4.98. The van der Waals surface area contributed by atoms with E-state index in [1.54, 1.807) is 6.92 Å². The fourth-order valence-corrected chi connectivity index (χ4v) is 2.87. The molecule has 0 saturated heterocycles. The summed E-state index contributed by atoms with van der Waals surface area (Å²) in [4.78, 5) is 26.6. The van der Waals surface area contributed by atoms with E-state index in [1.165, 1.54) is 5.56 Å². The highest BCUT2D eigenvalue weighted by Crippen LogP contribution is 2.15. The molecule has 0 radical (unpaired) electrons. The number of fused-ring (bicyclic) bond motifs is 1. The molecule has 0 unspecified atom stereocenters. The monoisotopic (exact) mass is 334 g/mol. The summed E-state index contributed by atoms with van der Waals surface area (Å²) in [5.74, 6) is 0.0426. The van der Waals surface area contributed by atoms with Crippen LogP contribution in [0.15, 0.2) is 53.3 Å². The predicted octanol–water partition coefficient (Wildman–Crippen LogP) is 3.39. The molecule has 1 heterocycles. The largest absolute Gasteiger partial charge is 0.352 e. The van der Waals surface area contributed by atoms with E-state index in [9.17, 15) is 9.59 Å². The van der Waals surface area contributed by atoms with Gasteiger partial charge in [0.1, 0.15) is 0 Å². The first-order valence-corrected chi connectivity index (χ1v) is 8.47. The summed E-state index contributed by atoms with van der Waals surface area (Å²) in [7, 11) is 0. The van der Waals surface area contributed by atoms with Crippen LogP contribution in [-0.2, 0) is 17.8 Å². The maximum Gasteiger partial charge on any atom is 0.251 e. The molecule has 0 aliphatic rings. The van der Waals surface area contributed by atoms with Crippen molar-refractivity contribution >= 4 is 16.8 Å². The van der Waals surface area contributed by atoms with E-state index < -0.39 is 0 Å². The first-order valence-electron chi connectivity index (χ1n) is 8.47. The zero-order valence-electron chi connectivity index (χ0n) is 14.6. The lowest BCUT2D eigenvalue weighted by molar-refractivity contribution is -0.121. The smallest absolute Gasteiger partial charge is 0.251 e. The number of hydrogen-bond acceptors (Lipinski definition) is 2. The minimum Gasteiger partial charge on any atom is -0.352 e. The van der Waals surface area contributed by atoms with Gasteiger partial charge in [0.25, 0.3) is 5.56 Å². The SMILES string of the molecule is Cc1ccccc1CNC(=O)CCc1ccc2[nH]c(=O)c(C)cc2c1. The van der Waals surface area contributed by atoms with Crippen LogP contribution in [0.3, 0.4) is 0 Å². The van der Waals surface area contributed by atoms with Gasteiger partial charge in [0.2, 0.25) is 5.91 Å². The van der Waals surface area contributed by atoms with Crippen LogP contribution >= 0.6 is 0 Å². The first-order chi connectivity index (χ1) is 12.0. The van der Waals surface area contributed by atoms with E-state index in [0.29, 0.717) is 24.9 Å². The fraction of sp³-hybridized carbons (Fsp3) is 0.238. The Hall–Kier alpha value is -2.88. The number of benzene rings is 2. The van der Waals surface area contributed by atoms with Crippen LogP contribution in [-0.4, -0.2) is 10.9 Å². The molecule has 1 amide bonds. The second kappa shape index (κ2) is 7.34. The number of pyridine rings is 1. The van der Waals surface area contributed by atoms with Gasteiger partial charge in [-0.1, -0.05) is 30.3 Å². The molecule has 0 aliphatic carbocycles. The number of carbonyl (C=O) groups is 1. The molecule has 2 aromatic carbocycles. The number of amides is 1. The summed E-state index contributed by atoms with van der Waals surface area (Å²) in [6.45, 7) is 4.40. The standard InChI is InChI=1S/C21H22N2O2/c1-14-5-3-4-6-17(14)13-22-20(24)10-8-16-7-9-19-18(12-16)11-15(2)21(25)23-19/h3-7,9,11-12H,8,10,13H2,1-2H3,(H,22,24)(H,23,25). The topological polar surface area (TPSA) is 62.0 Å². The summed E-state index contributed by atoms with van der Waals surface area (Å²) < 4.78 is 0. The fourth-order valence-electron chi connectivity index (χ4n) is 2.87. The lowest BCUT2D eigenvalue weighted by Crippen LogP contribution is -2.23. The number of rotatable bonds is 5. The molecule has 0 bridgehead atoms. The molecular formula is C21H22N2O2. The number of hydrogen-bond donors (Lipinski definition) is 2. The molecule has 0 atom stereocenters. The third kappa shape index (κ3) is 4.15. The van der Waals surface area contributed by atoms with Crippen LogP contribution in [0.1, 0.15) is 28.7 Å². The van der Waals surface area contributed by atoms with Crippen molar-refractivity contribution in [2.45, 2.75) is 33.2 Å². The second-order valence-corrected chi connectivity index (χ2v) is 6.41. The minimum absolute atomic E-state index is 0.0426. The number of aromatic amines is 1. The van der Waals surface area contributed by atoms with Gasteiger partial charge in [-0.05, 0) is 60.5 Å². The summed E-state index contributed by atoms with van der Waals surface area (Å²) in [6.07, 6.45) is 1.12. The zero-order valence-corrected chi connectivity index (χ0v) is 14.6. The Balaban J connectivity index is 1.60. The van der Waals surface area contributed by atoms with Gasteiger partial charge in [0.05, 0.1) is 0 Å².